The van der Waals surface area contributed by atoms with Crippen LogP contribution in [0.4, 0.5) is 0 Å². The van der Waals surface area contributed by atoms with Gasteiger partial charge in [-0.05, 0) is 41.8 Å². The first-order valence-electron chi connectivity index (χ1n) is 8.50. The van der Waals surface area contributed by atoms with E-state index < -0.39 is 0 Å². The van der Waals surface area contributed by atoms with Crippen molar-refractivity contribution in [1.82, 2.24) is 4.90 Å². The fourth-order valence-electron chi connectivity index (χ4n) is 2.62. The van der Waals surface area contributed by atoms with Gasteiger partial charge in [0, 0.05) is 13.6 Å². The molecular formula is C20H23NO4. The lowest BCUT2D eigenvalue weighted by molar-refractivity contribution is -0.132. The van der Waals surface area contributed by atoms with Crippen LogP contribution >= 0.6 is 0 Å². The first kappa shape index (κ1) is 17.1. The number of aryl methyl sites for hydroxylation is 1. The van der Waals surface area contributed by atoms with Crippen LogP contribution < -0.4 is 14.2 Å². The van der Waals surface area contributed by atoms with Crippen molar-refractivity contribution in [2.45, 2.75) is 19.9 Å². The molecule has 0 saturated heterocycles. The second-order valence-electron chi connectivity index (χ2n) is 6.01. The SMILES string of the molecule is CCc1ccc(OCC(=O)N(C)Cc2ccc3c(c2)OCCO3)cc1. The van der Waals surface area contributed by atoms with Gasteiger partial charge in [-0.1, -0.05) is 25.1 Å². The summed E-state index contributed by atoms with van der Waals surface area (Å²) < 4.78 is 16.7. The maximum atomic E-state index is 12.3. The van der Waals surface area contributed by atoms with Gasteiger partial charge in [-0.25, -0.2) is 0 Å². The van der Waals surface area contributed by atoms with E-state index in [0.29, 0.717) is 25.5 Å². The second-order valence-corrected chi connectivity index (χ2v) is 6.01. The highest BCUT2D eigenvalue weighted by Gasteiger charge is 2.14. The molecule has 0 aliphatic carbocycles. The molecule has 0 bridgehead atoms. The Kier molecular flexibility index (Phi) is 5.43. The van der Waals surface area contributed by atoms with Gasteiger partial charge in [0.1, 0.15) is 19.0 Å². The summed E-state index contributed by atoms with van der Waals surface area (Å²) in [6.45, 7) is 3.74. The highest BCUT2D eigenvalue weighted by atomic mass is 16.6. The quantitative estimate of drug-likeness (QED) is 0.810. The van der Waals surface area contributed by atoms with Crippen LogP contribution in [-0.4, -0.2) is 37.7 Å². The van der Waals surface area contributed by atoms with Crippen molar-refractivity contribution in [2.75, 3.05) is 26.9 Å². The number of carbonyl (C=O) groups is 1. The highest BCUT2D eigenvalue weighted by molar-refractivity contribution is 5.77. The van der Waals surface area contributed by atoms with Crippen molar-refractivity contribution in [3.05, 3.63) is 53.6 Å². The molecule has 2 aromatic carbocycles. The molecule has 0 aromatic heterocycles. The minimum atomic E-state index is -0.0746. The molecule has 0 atom stereocenters. The number of benzene rings is 2. The van der Waals surface area contributed by atoms with Gasteiger partial charge in [0.2, 0.25) is 0 Å². The fraction of sp³-hybridized carbons (Fsp3) is 0.350. The summed E-state index contributed by atoms with van der Waals surface area (Å²) in [6, 6.07) is 13.6. The normalized spacial score (nSPS) is 12.6. The Morgan fingerprint density at radius 1 is 1.04 bits per heavy atom. The van der Waals surface area contributed by atoms with Gasteiger partial charge in [-0.15, -0.1) is 0 Å². The van der Waals surface area contributed by atoms with E-state index in [4.69, 9.17) is 14.2 Å². The lowest BCUT2D eigenvalue weighted by Crippen LogP contribution is -2.31. The molecule has 5 heteroatoms. The first-order chi connectivity index (χ1) is 12.2. The average molecular weight is 341 g/mol. The van der Waals surface area contributed by atoms with Gasteiger partial charge in [0.15, 0.2) is 18.1 Å². The van der Waals surface area contributed by atoms with Crippen LogP contribution in [0.3, 0.4) is 0 Å². The summed E-state index contributed by atoms with van der Waals surface area (Å²) in [4.78, 5) is 13.9. The molecule has 5 nitrogen and oxygen atoms in total. The number of fused-ring (bicyclic) bond motifs is 1. The summed E-state index contributed by atoms with van der Waals surface area (Å²) in [5, 5.41) is 0. The predicted molar refractivity (Wildman–Crippen MR) is 95.2 cm³/mol. The van der Waals surface area contributed by atoms with Gasteiger partial charge < -0.3 is 19.1 Å². The Labute approximate surface area is 148 Å². The van der Waals surface area contributed by atoms with E-state index >= 15 is 0 Å². The highest BCUT2D eigenvalue weighted by Crippen LogP contribution is 2.31. The van der Waals surface area contributed by atoms with E-state index in [1.165, 1.54) is 5.56 Å². The Hall–Kier alpha value is -2.69. The molecule has 0 fully saturated rings. The lowest BCUT2D eigenvalue weighted by atomic mass is 10.2. The van der Waals surface area contributed by atoms with E-state index in [1.54, 1.807) is 11.9 Å². The summed E-state index contributed by atoms with van der Waals surface area (Å²) >= 11 is 0. The van der Waals surface area contributed by atoms with Crippen molar-refractivity contribution in [3.8, 4) is 17.2 Å². The number of carbonyl (C=O) groups excluding carboxylic acids is 1. The van der Waals surface area contributed by atoms with E-state index in [0.717, 1.165) is 23.5 Å². The number of hydrogen-bond donors (Lipinski definition) is 0. The zero-order chi connectivity index (χ0) is 17.6. The summed E-state index contributed by atoms with van der Waals surface area (Å²) in [6.07, 6.45) is 0.984. The van der Waals surface area contributed by atoms with Gasteiger partial charge in [0.05, 0.1) is 0 Å². The third kappa shape index (κ3) is 4.44. The van der Waals surface area contributed by atoms with Gasteiger partial charge >= 0.3 is 0 Å². The number of nitrogens with zero attached hydrogens (tertiary/aromatic N) is 1. The molecule has 2 aromatic rings. The second kappa shape index (κ2) is 7.92. The summed E-state index contributed by atoms with van der Waals surface area (Å²) in [5.41, 5.74) is 2.24. The topological polar surface area (TPSA) is 48.0 Å². The maximum absolute atomic E-state index is 12.3. The van der Waals surface area contributed by atoms with E-state index in [2.05, 4.69) is 6.92 Å². The smallest absolute Gasteiger partial charge is 0.260 e. The van der Waals surface area contributed by atoms with Crippen LogP contribution in [0.2, 0.25) is 0 Å². The van der Waals surface area contributed by atoms with Crippen LogP contribution in [0.15, 0.2) is 42.5 Å². The third-order valence-electron chi connectivity index (χ3n) is 4.15. The molecular weight excluding hydrogens is 318 g/mol. The molecule has 0 N–H and O–H groups in total. The molecule has 0 radical (unpaired) electrons. The summed E-state index contributed by atoms with van der Waals surface area (Å²) in [7, 11) is 1.77. The monoisotopic (exact) mass is 341 g/mol. The maximum Gasteiger partial charge on any atom is 0.260 e. The molecule has 0 unspecified atom stereocenters. The number of amides is 1. The number of likely N-dealkylation sites (N-methyl/N-ethyl adjacent to an activating group) is 1. The van der Waals surface area contributed by atoms with Gasteiger partial charge in [0.25, 0.3) is 5.91 Å². The minimum Gasteiger partial charge on any atom is -0.486 e. The first-order valence-corrected chi connectivity index (χ1v) is 8.50. The predicted octanol–water partition coefficient (Wildman–Crippen LogP) is 3.06. The molecule has 25 heavy (non-hydrogen) atoms. The molecule has 1 aliphatic rings. The minimum absolute atomic E-state index is 0.0204. The molecule has 1 heterocycles. The van der Waals surface area contributed by atoms with Crippen molar-refractivity contribution < 1.29 is 19.0 Å². The van der Waals surface area contributed by atoms with Crippen molar-refractivity contribution >= 4 is 5.91 Å². The molecule has 1 aliphatic heterocycles. The number of ether oxygens (including phenoxy) is 3. The number of hydrogen-bond acceptors (Lipinski definition) is 4. The molecule has 132 valence electrons. The van der Waals surface area contributed by atoms with Crippen molar-refractivity contribution in [3.63, 3.8) is 0 Å². The lowest BCUT2D eigenvalue weighted by Gasteiger charge is -2.21. The van der Waals surface area contributed by atoms with E-state index in [-0.39, 0.29) is 12.5 Å². The molecule has 3 rings (SSSR count). The zero-order valence-corrected chi connectivity index (χ0v) is 14.7. The standard InChI is InChI=1S/C20H23NO4/c1-3-15-4-7-17(8-5-15)25-14-20(22)21(2)13-16-6-9-18-19(12-16)24-11-10-23-18/h4-9,12H,3,10-11,13-14H2,1-2H3. The Bertz CT molecular complexity index is 727. The Morgan fingerprint density at radius 2 is 1.72 bits per heavy atom. The van der Waals surface area contributed by atoms with Crippen LogP contribution in [0.1, 0.15) is 18.1 Å². The van der Waals surface area contributed by atoms with Crippen LogP contribution in [0.25, 0.3) is 0 Å². The molecule has 0 saturated carbocycles. The largest absolute Gasteiger partial charge is 0.486 e. The average Bonchev–Trinajstić information content (AvgIpc) is 2.66. The number of rotatable bonds is 6. The van der Waals surface area contributed by atoms with Gasteiger partial charge in [-0.3, -0.25) is 4.79 Å². The van der Waals surface area contributed by atoms with Crippen LogP contribution in [0.5, 0.6) is 17.2 Å². The van der Waals surface area contributed by atoms with Crippen LogP contribution in [-0.2, 0) is 17.8 Å². The molecule has 1 amide bonds. The Balaban J connectivity index is 1.53. The van der Waals surface area contributed by atoms with E-state index in [1.807, 2.05) is 42.5 Å². The fourth-order valence-corrected chi connectivity index (χ4v) is 2.62. The van der Waals surface area contributed by atoms with Crippen LogP contribution in [0, 0.1) is 0 Å². The van der Waals surface area contributed by atoms with Crippen molar-refractivity contribution in [1.29, 1.82) is 0 Å². The van der Waals surface area contributed by atoms with Crippen molar-refractivity contribution in [2.24, 2.45) is 0 Å². The zero-order valence-electron chi connectivity index (χ0n) is 14.7. The Morgan fingerprint density at radius 3 is 2.44 bits per heavy atom. The summed E-state index contributed by atoms with van der Waals surface area (Å²) in [5.74, 6) is 2.12. The third-order valence-corrected chi connectivity index (χ3v) is 4.15. The molecule has 0 spiro atoms. The van der Waals surface area contributed by atoms with E-state index in [9.17, 15) is 4.79 Å². The van der Waals surface area contributed by atoms with Gasteiger partial charge in [-0.2, -0.15) is 0 Å².